The Kier molecular flexibility index (Phi) is 6.10. The van der Waals surface area contributed by atoms with Gasteiger partial charge in [0.15, 0.2) is 10.9 Å². The molecule has 3 aromatic rings. The Morgan fingerprint density at radius 2 is 2.16 bits per heavy atom. The van der Waals surface area contributed by atoms with E-state index in [1.807, 2.05) is 49.1 Å². The first-order chi connectivity index (χ1) is 17.8. The van der Waals surface area contributed by atoms with Crippen molar-refractivity contribution in [2.24, 2.45) is 5.92 Å². The Bertz CT molecular complexity index is 1380. The van der Waals surface area contributed by atoms with E-state index in [1.165, 1.54) is 24.2 Å². The molecule has 0 bridgehead atoms. The Labute approximate surface area is 220 Å². The van der Waals surface area contributed by atoms with Gasteiger partial charge in [-0.15, -0.1) is 0 Å². The number of amides is 1. The van der Waals surface area contributed by atoms with Crippen LogP contribution in [0.3, 0.4) is 0 Å². The zero-order valence-corrected chi connectivity index (χ0v) is 22.0. The number of rotatable bonds is 8. The van der Waals surface area contributed by atoms with E-state index in [0.717, 1.165) is 39.8 Å². The van der Waals surface area contributed by atoms with Gasteiger partial charge >= 0.3 is 0 Å². The molecule has 192 valence electrons. The van der Waals surface area contributed by atoms with Crippen molar-refractivity contribution in [2.45, 2.75) is 58.0 Å². The van der Waals surface area contributed by atoms with Crippen molar-refractivity contribution in [3.63, 3.8) is 0 Å². The molecule has 1 amide bonds. The number of aryl methyl sites for hydroxylation is 1. The minimum Gasteiger partial charge on any atom is -0.490 e. The van der Waals surface area contributed by atoms with Gasteiger partial charge in [0, 0.05) is 36.7 Å². The van der Waals surface area contributed by atoms with Gasteiger partial charge in [0.1, 0.15) is 17.2 Å². The molecule has 0 saturated heterocycles. The molecule has 3 aliphatic rings. The molecule has 1 aromatic carbocycles. The summed E-state index contributed by atoms with van der Waals surface area (Å²) in [4.78, 5) is 32.4. The van der Waals surface area contributed by atoms with E-state index >= 15 is 0 Å². The lowest BCUT2D eigenvalue weighted by atomic mass is 9.94. The number of nitrogens with one attached hydrogen (secondary N) is 1. The number of carbonyl (C=O) groups is 2. The second-order valence-electron chi connectivity index (χ2n) is 10.7. The van der Waals surface area contributed by atoms with Crippen LogP contribution in [-0.2, 0) is 17.8 Å². The molecule has 8 nitrogen and oxygen atoms in total. The van der Waals surface area contributed by atoms with Crippen molar-refractivity contribution in [1.29, 1.82) is 0 Å². The van der Waals surface area contributed by atoms with Crippen LogP contribution in [0.2, 0.25) is 0 Å². The fourth-order valence-electron chi connectivity index (χ4n) is 4.84. The minimum atomic E-state index is -0.299. The molecule has 0 spiro atoms. The number of hydrogen-bond donors (Lipinski definition) is 1. The summed E-state index contributed by atoms with van der Waals surface area (Å²) in [7, 11) is 0. The molecule has 9 heteroatoms. The molecule has 2 aliphatic heterocycles. The van der Waals surface area contributed by atoms with Crippen molar-refractivity contribution in [3.8, 4) is 16.9 Å². The Balaban J connectivity index is 1.18. The van der Waals surface area contributed by atoms with Crippen molar-refractivity contribution in [1.82, 2.24) is 20.1 Å². The molecular formula is C28H31N5O3S. The van der Waals surface area contributed by atoms with E-state index in [-0.39, 0.29) is 17.2 Å². The van der Waals surface area contributed by atoms with Crippen LogP contribution in [0.5, 0.6) is 5.75 Å². The number of thiazole rings is 1. The molecule has 0 unspecified atom stereocenters. The smallest absolute Gasteiger partial charge is 0.263 e. The van der Waals surface area contributed by atoms with E-state index in [4.69, 9.17) is 9.72 Å². The summed E-state index contributed by atoms with van der Waals surface area (Å²) in [6, 6.07) is 6.13. The third kappa shape index (κ3) is 5.18. The normalized spacial score (nSPS) is 18.3. The van der Waals surface area contributed by atoms with E-state index in [0.29, 0.717) is 43.3 Å². The maximum Gasteiger partial charge on any atom is 0.263 e. The largest absolute Gasteiger partial charge is 0.490 e. The number of anilines is 2. The lowest BCUT2D eigenvalue weighted by Gasteiger charge is -2.29. The molecule has 0 radical (unpaired) electrons. The number of ether oxygens (including phenoxy) is 1. The zero-order chi connectivity index (χ0) is 25.6. The second kappa shape index (κ2) is 9.45. The summed E-state index contributed by atoms with van der Waals surface area (Å²) in [5, 5.41) is 8.40. The van der Waals surface area contributed by atoms with Crippen molar-refractivity contribution in [3.05, 3.63) is 53.3 Å². The van der Waals surface area contributed by atoms with Crippen LogP contribution in [0, 0.1) is 5.92 Å². The lowest BCUT2D eigenvalue weighted by molar-refractivity contribution is -0.114. The standard InChI is InChI=1S/C28H31N5O3S/c1-28(2)15-22-25(26(35)31-28)37-27(30-22)33-12-13-36-24-10-8-19(14-23(24)33)20-16-29-32(17-20)11-3-4-21(34)9-7-18-5-6-18/h7-10,14,16-18H,3-6,11-13,15H2,1-2H3,(H,31,35)/b9-7+. The third-order valence-electron chi connectivity index (χ3n) is 6.96. The highest BCUT2D eigenvalue weighted by Crippen LogP contribution is 2.42. The highest BCUT2D eigenvalue weighted by molar-refractivity contribution is 7.17. The molecule has 6 rings (SSSR count). The number of fused-ring (bicyclic) bond motifs is 2. The number of aromatic nitrogens is 3. The fourth-order valence-corrected chi connectivity index (χ4v) is 5.86. The predicted molar refractivity (Wildman–Crippen MR) is 144 cm³/mol. The van der Waals surface area contributed by atoms with Gasteiger partial charge in [-0.1, -0.05) is 23.5 Å². The molecule has 4 heterocycles. The summed E-state index contributed by atoms with van der Waals surface area (Å²) in [6.45, 7) is 5.96. The topological polar surface area (TPSA) is 89.3 Å². The van der Waals surface area contributed by atoms with E-state index < -0.39 is 0 Å². The van der Waals surface area contributed by atoms with Crippen LogP contribution in [0.25, 0.3) is 11.1 Å². The van der Waals surface area contributed by atoms with Gasteiger partial charge in [0.05, 0.1) is 24.1 Å². The van der Waals surface area contributed by atoms with Crippen molar-refractivity contribution < 1.29 is 14.3 Å². The van der Waals surface area contributed by atoms with Crippen LogP contribution < -0.4 is 15.0 Å². The van der Waals surface area contributed by atoms with Gasteiger partial charge in [0.2, 0.25) is 0 Å². The minimum absolute atomic E-state index is 0.0507. The summed E-state index contributed by atoms with van der Waals surface area (Å²) in [6.07, 6.45) is 12.1. The van der Waals surface area contributed by atoms with Crippen LogP contribution in [0.1, 0.15) is 54.9 Å². The second-order valence-corrected chi connectivity index (χ2v) is 11.7. The number of nitrogens with zero attached hydrogens (tertiary/aromatic N) is 4. The van der Waals surface area contributed by atoms with E-state index in [2.05, 4.69) is 21.4 Å². The average Bonchev–Trinajstić information content (AvgIpc) is 3.41. The van der Waals surface area contributed by atoms with Crippen LogP contribution in [0.4, 0.5) is 10.8 Å². The number of allylic oxidation sites excluding steroid dienone is 2. The first-order valence-electron chi connectivity index (χ1n) is 13.0. The van der Waals surface area contributed by atoms with Crippen LogP contribution >= 0.6 is 11.3 Å². The Morgan fingerprint density at radius 3 is 3.00 bits per heavy atom. The first-order valence-corrected chi connectivity index (χ1v) is 13.8. The fraction of sp³-hybridized carbons (Fsp3) is 0.429. The number of carbonyl (C=O) groups excluding carboxylic acids is 2. The maximum atomic E-state index is 12.6. The molecule has 1 fully saturated rings. The third-order valence-corrected chi connectivity index (χ3v) is 8.08. The van der Waals surface area contributed by atoms with Crippen LogP contribution in [-0.4, -0.2) is 45.1 Å². The molecule has 2 aromatic heterocycles. The maximum absolute atomic E-state index is 12.6. The first kappa shape index (κ1) is 23.9. The van der Waals surface area contributed by atoms with E-state index in [1.54, 1.807) is 6.08 Å². The molecule has 1 aliphatic carbocycles. The molecule has 1 saturated carbocycles. The van der Waals surface area contributed by atoms with Gasteiger partial charge in [0.25, 0.3) is 5.91 Å². The highest BCUT2D eigenvalue weighted by atomic mass is 32.1. The quantitative estimate of drug-likeness (QED) is 0.427. The van der Waals surface area contributed by atoms with Gasteiger partial charge in [-0.05, 0) is 62.8 Å². The summed E-state index contributed by atoms with van der Waals surface area (Å²) in [5.74, 6) is 1.57. The number of benzene rings is 1. The van der Waals surface area contributed by atoms with Gasteiger partial charge in [-0.2, -0.15) is 5.10 Å². The summed E-state index contributed by atoms with van der Waals surface area (Å²) >= 11 is 1.44. The predicted octanol–water partition coefficient (Wildman–Crippen LogP) is 4.92. The lowest BCUT2D eigenvalue weighted by Crippen LogP contribution is -2.48. The Hall–Kier alpha value is -3.46. The van der Waals surface area contributed by atoms with Gasteiger partial charge in [-0.3, -0.25) is 14.3 Å². The summed E-state index contributed by atoms with van der Waals surface area (Å²) in [5.41, 5.74) is 3.54. The average molecular weight is 518 g/mol. The molecule has 1 N–H and O–H groups in total. The highest BCUT2D eigenvalue weighted by Gasteiger charge is 2.34. The van der Waals surface area contributed by atoms with Crippen molar-refractivity contribution in [2.75, 3.05) is 18.1 Å². The monoisotopic (exact) mass is 517 g/mol. The molecule has 0 atom stereocenters. The van der Waals surface area contributed by atoms with Crippen molar-refractivity contribution >= 4 is 33.8 Å². The zero-order valence-electron chi connectivity index (χ0n) is 21.2. The number of ketones is 1. The van der Waals surface area contributed by atoms with E-state index in [9.17, 15) is 9.59 Å². The van der Waals surface area contributed by atoms with Gasteiger partial charge < -0.3 is 15.0 Å². The molecule has 37 heavy (non-hydrogen) atoms. The van der Waals surface area contributed by atoms with Crippen LogP contribution in [0.15, 0.2) is 42.7 Å². The number of hydrogen-bond acceptors (Lipinski definition) is 7. The SMILES string of the molecule is CC1(C)Cc2nc(N3CCOc4ccc(-c5cnn(CCCC(=O)/C=C/C6CC6)c5)cc43)sc2C(=O)N1. The van der Waals surface area contributed by atoms with Gasteiger partial charge in [-0.25, -0.2) is 4.98 Å². The summed E-state index contributed by atoms with van der Waals surface area (Å²) < 4.78 is 7.84. The molecular weight excluding hydrogens is 486 g/mol. The Morgan fingerprint density at radius 1 is 1.30 bits per heavy atom.